The number of hydrogen-bond donors (Lipinski definition) is 0. The van der Waals surface area contributed by atoms with Gasteiger partial charge in [0.25, 0.3) is 0 Å². The van der Waals surface area contributed by atoms with E-state index in [1.54, 1.807) is 0 Å². The van der Waals surface area contributed by atoms with Crippen molar-refractivity contribution in [3.63, 3.8) is 0 Å². The lowest BCUT2D eigenvalue weighted by atomic mass is 10.5. The lowest BCUT2D eigenvalue weighted by Crippen LogP contribution is -2.14. The molecule has 0 aromatic heterocycles. The van der Waals surface area contributed by atoms with Crippen molar-refractivity contribution in [3.05, 3.63) is 11.6 Å². The minimum atomic E-state index is -3.46. The van der Waals surface area contributed by atoms with Crippen LogP contribution >= 0.6 is 0 Å². The standard InChI is InChI=1S/C6H8F4O.FH/c1-4(5(8)3-7)11-6(2,9)10;/h3H2,1-2H3;1H/b5-4+;. The van der Waals surface area contributed by atoms with E-state index in [9.17, 15) is 17.6 Å². The minimum Gasteiger partial charge on any atom is -0.435 e. The summed E-state index contributed by atoms with van der Waals surface area (Å²) in [6.45, 7) is -0.0454. The third-order valence-electron chi connectivity index (χ3n) is 0.832. The predicted octanol–water partition coefficient (Wildman–Crippen LogP) is 2.94. The molecule has 0 radical (unpaired) electrons. The Kier molecular flexibility index (Phi) is 5.67. The molecule has 0 bridgehead atoms. The van der Waals surface area contributed by atoms with Crippen LogP contribution in [0.5, 0.6) is 0 Å². The molecule has 1 nitrogen and oxygen atoms in total. The van der Waals surface area contributed by atoms with E-state index in [2.05, 4.69) is 4.74 Å². The van der Waals surface area contributed by atoms with Gasteiger partial charge in [-0.25, -0.2) is 8.78 Å². The molecule has 0 amide bonds. The Morgan fingerprint density at radius 3 is 2.08 bits per heavy atom. The highest BCUT2D eigenvalue weighted by molar-refractivity contribution is 4.97. The molecule has 0 saturated heterocycles. The first-order valence-corrected chi connectivity index (χ1v) is 2.85. The average molecular weight is 192 g/mol. The molecule has 0 spiro atoms. The summed E-state index contributed by atoms with van der Waals surface area (Å²) in [5.41, 5.74) is 0. The SMILES string of the molecule is C/C(OC(C)(F)F)=C(\F)CF.F. The second-order valence-corrected chi connectivity index (χ2v) is 2.00. The van der Waals surface area contributed by atoms with Crippen LogP contribution in [-0.4, -0.2) is 12.8 Å². The van der Waals surface area contributed by atoms with Crippen molar-refractivity contribution in [3.8, 4) is 0 Å². The van der Waals surface area contributed by atoms with Crippen molar-refractivity contribution in [1.29, 1.82) is 0 Å². The zero-order valence-corrected chi connectivity index (χ0v) is 6.54. The topological polar surface area (TPSA) is 9.23 Å². The summed E-state index contributed by atoms with van der Waals surface area (Å²) in [5, 5.41) is 0. The van der Waals surface area contributed by atoms with E-state index in [1.807, 2.05) is 0 Å². The smallest absolute Gasteiger partial charge is 0.394 e. The van der Waals surface area contributed by atoms with Crippen LogP contribution in [0.2, 0.25) is 0 Å². The van der Waals surface area contributed by atoms with E-state index >= 15 is 0 Å². The number of rotatable bonds is 3. The molecular weight excluding hydrogens is 183 g/mol. The molecule has 0 fully saturated rings. The van der Waals surface area contributed by atoms with E-state index in [0.717, 1.165) is 6.92 Å². The Balaban J connectivity index is 0. The van der Waals surface area contributed by atoms with Crippen LogP contribution in [0.25, 0.3) is 0 Å². The monoisotopic (exact) mass is 192 g/mol. The third-order valence-corrected chi connectivity index (χ3v) is 0.832. The summed E-state index contributed by atoms with van der Waals surface area (Å²) >= 11 is 0. The zero-order valence-electron chi connectivity index (χ0n) is 6.54. The van der Waals surface area contributed by atoms with Crippen molar-refractivity contribution < 1.29 is 27.0 Å². The second-order valence-electron chi connectivity index (χ2n) is 2.00. The number of ether oxygens (including phenoxy) is 1. The molecule has 0 heterocycles. The summed E-state index contributed by atoms with van der Waals surface area (Å²) < 4.78 is 51.1. The molecule has 0 aliphatic rings. The first-order valence-electron chi connectivity index (χ1n) is 2.85. The second kappa shape index (κ2) is 4.95. The average Bonchev–Trinajstić information content (AvgIpc) is 1.82. The largest absolute Gasteiger partial charge is 0.435 e. The van der Waals surface area contributed by atoms with E-state index < -0.39 is 24.4 Å². The quantitative estimate of drug-likeness (QED) is 0.493. The Labute approximate surface area is 66.4 Å². The predicted molar refractivity (Wildman–Crippen MR) is 34.0 cm³/mol. The fourth-order valence-corrected chi connectivity index (χ4v) is 0.418. The number of alkyl halides is 3. The van der Waals surface area contributed by atoms with Gasteiger partial charge in [-0.2, -0.15) is 8.78 Å². The molecule has 0 unspecified atom stereocenters. The van der Waals surface area contributed by atoms with Gasteiger partial charge in [0.2, 0.25) is 0 Å². The van der Waals surface area contributed by atoms with Crippen LogP contribution in [0.3, 0.4) is 0 Å². The molecule has 74 valence electrons. The number of hydrogen-bond acceptors (Lipinski definition) is 1. The van der Waals surface area contributed by atoms with Crippen LogP contribution in [0, 0.1) is 0 Å². The van der Waals surface area contributed by atoms with Gasteiger partial charge in [0.1, 0.15) is 12.4 Å². The molecule has 0 N–H and O–H groups in total. The highest BCUT2D eigenvalue weighted by atomic mass is 19.3. The molecule has 0 aliphatic heterocycles. The zero-order chi connectivity index (χ0) is 9.07. The summed E-state index contributed by atoms with van der Waals surface area (Å²) in [6, 6.07) is 0. The Bertz CT molecular complexity index is 160. The lowest BCUT2D eigenvalue weighted by Gasteiger charge is -2.12. The molecule has 0 atom stereocenters. The summed E-state index contributed by atoms with van der Waals surface area (Å²) in [7, 11) is 0. The molecule has 0 aromatic carbocycles. The third kappa shape index (κ3) is 5.94. The molecule has 12 heavy (non-hydrogen) atoms. The maximum Gasteiger partial charge on any atom is 0.394 e. The Morgan fingerprint density at radius 1 is 1.42 bits per heavy atom. The fraction of sp³-hybridized carbons (Fsp3) is 0.667. The van der Waals surface area contributed by atoms with E-state index in [1.165, 1.54) is 0 Å². The number of allylic oxidation sites excluding steroid dienone is 2. The summed E-state index contributed by atoms with van der Waals surface area (Å²) in [5.74, 6) is -2.04. The molecular formula is C6H9F5O. The van der Waals surface area contributed by atoms with E-state index in [-0.39, 0.29) is 4.70 Å². The molecule has 0 aliphatic carbocycles. The van der Waals surface area contributed by atoms with Gasteiger partial charge < -0.3 is 4.74 Å². The van der Waals surface area contributed by atoms with Crippen molar-refractivity contribution in [1.82, 2.24) is 0 Å². The van der Waals surface area contributed by atoms with Gasteiger partial charge in [-0.15, -0.1) is 0 Å². The maximum absolute atomic E-state index is 12.1. The Morgan fingerprint density at radius 2 is 1.83 bits per heavy atom. The summed E-state index contributed by atoms with van der Waals surface area (Å²) in [6.07, 6.45) is -3.46. The van der Waals surface area contributed by atoms with Crippen molar-refractivity contribution in [2.45, 2.75) is 20.0 Å². The number of halogens is 5. The van der Waals surface area contributed by atoms with Gasteiger partial charge in [0, 0.05) is 6.92 Å². The highest BCUT2D eigenvalue weighted by Crippen LogP contribution is 2.20. The van der Waals surface area contributed by atoms with Crippen LogP contribution in [0.4, 0.5) is 22.3 Å². The highest BCUT2D eigenvalue weighted by Gasteiger charge is 2.24. The van der Waals surface area contributed by atoms with Crippen LogP contribution in [0.15, 0.2) is 11.6 Å². The summed E-state index contributed by atoms with van der Waals surface area (Å²) in [4.78, 5) is 0. The van der Waals surface area contributed by atoms with Gasteiger partial charge in [0.15, 0.2) is 5.83 Å². The molecule has 0 aromatic rings. The first-order chi connectivity index (χ1) is 4.87. The van der Waals surface area contributed by atoms with Crippen LogP contribution < -0.4 is 0 Å². The van der Waals surface area contributed by atoms with Gasteiger partial charge in [-0.05, 0) is 6.92 Å². The normalized spacial score (nSPS) is 13.2. The fourth-order valence-electron chi connectivity index (χ4n) is 0.418. The van der Waals surface area contributed by atoms with Gasteiger partial charge >= 0.3 is 6.11 Å². The minimum absolute atomic E-state index is 0. The van der Waals surface area contributed by atoms with Gasteiger partial charge in [0.05, 0.1) is 0 Å². The van der Waals surface area contributed by atoms with E-state index in [0.29, 0.717) is 6.92 Å². The van der Waals surface area contributed by atoms with Crippen LogP contribution in [-0.2, 0) is 4.74 Å². The van der Waals surface area contributed by atoms with Crippen molar-refractivity contribution in [2.75, 3.05) is 6.67 Å². The molecule has 0 rings (SSSR count). The van der Waals surface area contributed by atoms with Crippen molar-refractivity contribution >= 4 is 0 Å². The maximum atomic E-state index is 12.1. The van der Waals surface area contributed by atoms with Gasteiger partial charge in [-0.1, -0.05) is 0 Å². The van der Waals surface area contributed by atoms with Crippen molar-refractivity contribution in [2.24, 2.45) is 0 Å². The lowest BCUT2D eigenvalue weighted by molar-refractivity contribution is -0.199. The van der Waals surface area contributed by atoms with Crippen LogP contribution in [0.1, 0.15) is 13.8 Å². The molecule has 0 saturated carbocycles. The first kappa shape index (κ1) is 13.8. The Hall–Kier alpha value is -0.810. The van der Waals surface area contributed by atoms with E-state index in [4.69, 9.17) is 0 Å². The van der Waals surface area contributed by atoms with Gasteiger partial charge in [-0.3, -0.25) is 4.70 Å². The molecule has 6 heteroatoms.